The molecule has 1 saturated carbocycles. The minimum absolute atomic E-state index is 0.134. The van der Waals surface area contributed by atoms with Gasteiger partial charge in [-0.15, -0.1) is 11.3 Å². The summed E-state index contributed by atoms with van der Waals surface area (Å²) >= 11 is 1.65. The summed E-state index contributed by atoms with van der Waals surface area (Å²) in [5.74, 6) is 0.674. The molecule has 5 heteroatoms. The summed E-state index contributed by atoms with van der Waals surface area (Å²) in [6.07, 6.45) is 5.33. The summed E-state index contributed by atoms with van der Waals surface area (Å²) in [5, 5.41) is 6.14. The van der Waals surface area contributed by atoms with Crippen LogP contribution in [0.1, 0.15) is 28.6 Å². The molecule has 0 unspecified atom stereocenters. The van der Waals surface area contributed by atoms with Crippen LogP contribution in [0.4, 0.5) is 0 Å². The molecule has 2 atom stereocenters. The Kier molecular flexibility index (Phi) is 3.78. The molecule has 1 fully saturated rings. The Morgan fingerprint density at radius 2 is 2.25 bits per heavy atom. The quantitative estimate of drug-likeness (QED) is 0.918. The fraction of sp³-hybridized carbons (Fsp3) is 0.400. The molecule has 104 valence electrons. The van der Waals surface area contributed by atoms with E-state index in [1.165, 1.54) is 5.56 Å². The number of carbonyl (C=O) groups is 1. The standard InChI is InChI=1S/C15H17N3OS/c1-10-18-12(9-20-10)4-7-17-15(19)14-8-13(14)11-2-5-16-6-3-11/h2-3,5-6,9,13-14H,4,7-8H2,1H3,(H,17,19)/t13-,14+/m1/s1. The van der Waals surface area contributed by atoms with Gasteiger partial charge in [0.2, 0.25) is 5.91 Å². The normalized spacial score (nSPS) is 20.6. The zero-order valence-corrected chi connectivity index (χ0v) is 12.2. The van der Waals surface area contributed by atoms with E-state index in [0.29, 0.717) is 12.5 Å². The Hall–Kier alpha value is -1.75. The molecule has 0 spiro atoms. The molecular weight excluding hydrogens is 270 g/mol. The predicted octanol–water partition coefficient (Wildman–Crippen LogP) is 2.31. The fourth-order valence-corrected chi connectivity index (χ4v) is 3.08. The Bertz CT molecular complexity index is 596. The zero-order valence-electron chi connectivity index (χ0n) is 11.4. The third-order valence-corrected chi connectivity index (χ3v) is 4.43. The van der Waals surface area contributed by atoms with Crippen LogP contribution in [-0.4, -0.2) is 22.4 Å². The number of nitrogens with zero attached hydrogens (tertiary/aromatic N) is 2. The van der Waals surface area contributed by atoms with E-state index in [-0.39, 0.29) is 11.8 Å². The van der Waals surface area contributed by atoms with Gasteiger partial charge in [-0.05, 0) is 37.0 Å². The highest BCUT2D eigenvalue weighted by atomic mass is 32.1. The number of amides is 1. The summed E-state index contributed by atoms with van der Waals surface area (Å²) in [6, 6.07) is 3.99. The van der Waals surface area contributed by atoms with Gasteiger partial charge in [0.1, 0.15) is 0 Å². The van der Waals surface area contributed by atoms with Crippen LogP contribution in [0.3, 0.4) is 0 Å². The molecule has 2 aromatic heterocycles. The van der Waals surface area contributed by atoms with E-state index >= 15 is 0 Å². The second kappa shape index (κ2) is 5.71. The molecule has 1 aliphatic rings. The Labute approximate surface area is 122 Å². The maximum atomic E-state index is 12.0. The molecule has 0 aromatic carbocycles. The number of rotatable bonds is 5. The summed E-state index contributed by atoms with van der Waals surface area (Å²) in [4.78, 5) is 20.4. The first-order valence-electron chi connectivity index (χ1n) is 6.82. The first-order chi connectivity index (χ1) is 9.74. The number of thiazole rings is 1. The van der Waals surface area contributed by atoms with Crippen molar-refractivity contribution in [2.75, 3.05) is 6.54 Å². The van der Waals surface area contributed by atoms with E-state index in [0.717, 1.165) is 23.5 Å². The Morgan fingerprint density at radius 3 is 2.95 bits per heavy atom. The van der Waals surface area contributed by atoms with Gasteiger partial charge in [0.05, 0.1) is 10.7 Å². The van der Waals surface area contributed by atoms with Crippen LogP contribution < -0.4 is 5.32 Å². The lowest BCUT2D eigenvalue weighted by Gasteiger charge is -2.03. The SMILES string of the molecule is Cc1nc(CCNC(=O)[C@H]2C[C@@H]2c2ccncc2)cs1. The summed E-state index contributed by atoms with van der Waals surface area (Å²) < 4.78 is 0. The van der Waals surface area contributed by atoms with Crippen molar-refractivity contribution in [2.45, 2.75) is 25.7 Å². The van der Waals surface area contributed by atoms with E-state index in [1.807, 2.05) is 19.1 Å². The number of aromatic nitrogens is 2. The average Bonchev–Trinajstić information content (AvgIpc) is 3.17. The molecule has 0 aliphatic heterocycles. The lowest BCUT2D eigenvalue weighted by molar-refractivity contribution is -0.122. The van der Waals surface area contributed by atoms with Gasteiger partial charge in [0.15, 0.2) is 0 Å². The Balaban J connectivity index is 1.45. The van der Waals surface area contributed by atoms with Gasteiger partial charge in [0.25, 0.3) is 0 Å². The van der Waals surface area contributed by atoms with Crippen LogP contribution >= 0.6 is 11.3 Å². The van der Waals surface area contributed by atoms with Crippen molar-refractivity contribution in [3.8, 4) is 0 Å². The number of pyridine rings is 1. The van der Waals surface area contributed by atoms with Crippen LogP contribution in [0.15, 0.2) is 29.9 Å². The van der Waals surface area contributed by atoms with Crippen molar-refractivity contribution >= 4 is 17.2 Å². The van der Waals surface area contributed by atoms with Gasteiger partial charge in [-0.2, -0.15) is 0 Å². The smallest absolute Gasteiger partial charge is 0.223 e. The van der Waals surface area contributed by atoms with Gasteiger partial charge in [-0.25, -0.2) is 4.98 Å². The van der Waals surface area contributed by atoms with Crippen molar-refractivity contribution in [1.29, 1.82) is 0 Å². The number of nitrogens with one attached hydrogen (secondary N) is 1. The first-order valence-corrected chi connectivity index (χ1v) is 7.70. The molecule has 1 N–H and O–H groups in total. The highest BCUT2D eigenvalue weighted by molar-refractivity contribution is 7.09. The molecule has 1 aliphatic carbocycles. The molecular formula is C15H17N3OS. The van der Waals surface area contributed by atoms with Gasteiger partial charge >= 0.3 is 0 Å². The topological polar surface area (TPSA) is 54.9 Å². The average molecular weight is 287 g/mol. The summed E-state index contributed by atoms with van der Waals surface area (Å²) in [6.45, 7) is 2.66. The van der Waals surface area contributed by atoms with Crippen LogP contribution in [-0.2, 0) is 11.2 Å². The minimum Gasteiger partial charge on any atom is -0.355 e. The first kappa shape index (κ1) is 13.2. The maximum Gasteiger partial charge on any atom is 0.223 e. The zero-order chi connectivity index (χ0) is 13.9. The molecule has 0 bridgehead atoms. The molecule has 2 aromatic rings. The number of aryl methyl sites for hydroxylation is 1. The van der Waals surface area contributed by atoms with Crippen LogP contribution in [0.2, 0.25) is 0 Å². The van der Waals surface area contributed by atoms with Gasteiger partial charge in [0, 0.05) is 36.7 Å². The van der Waals surface area contributed by atoms with Crippen LogP contribution in [0.5, 0.6) is 0 Å². The second-order valence-corrected chi connectivity index (χ2v) is 6.19. The van der Waals surface area contributed by atoms with Crippen molar-refractivity contribution < 1.29 is 4.79 Å². The molecule has 0 saturated heterocycles. The van der Waals surface area contributed by atoms with Crippen molar-refractivity contribution in [1.82, 2.24) is 15.3 Å². The van der Waals surface area contributed by atoms with E-state index in [2.05, 4.69) is 20.7 Å². The molecule has 3 rings (SSSR count). The third kappa shape index (κ3) is 3.04. The second-order valence-electron chi connectivity index (χ2n) is 5.13. The molecule has 20 heavy (non-hydrogen) atoms. The number of carbonyl (C=O) groups excluding carboxylic acids is 1. The lowest BCUT2D eigenvalue weighted by Crippen LogP contribution is -2.27. The number of hydrogen-bond acceptors (Lipinski definition) is 4. The Morgan fingerprint density at radius 1 is 1.45 bits per heavy atom. The highest BCUT2D eigenvalue weighted by Gasteiger charge is 2.43. The monoisotopic (exact) mass is 287 g/mol. The third-order valence-electron chi connectivity index (χ3n) is 3.61. The highest BCUT2D eigenvalue weighted by Crippen LogP contribution is 2.47. The lowest BCUT2D eigenvalue weighted by atomic mass is 10.1. The summed E-state index contributed by atoms with van der Waals surface area (Å²) in [7, 11) is 0. The van der Waals surface area contributed by atoms with Crippen molar-refractivity contribution in [2.24, 2.45) is 5.92 Å². The van der Waals surface area contributed by atoms with Gasteiger partial charge in [-0.3, -0.25) is 9.78 Å². The number of hydrogen-bond donors (Lipinski definition) is 1. The van der Waals surface area contributed by atoms with E-state index in [9.17, 15) is 4.79 Å². The van der Waals surface area contributed by atoms with Crippen LogP contribution in [0.25, 0.3) is 0 Å². The maximum absolute atomic E-state index is 12.0. The van der Waals surface area contributed by atoms with Crippen molar-refractivity contribution in [3.05, 3.63) is 46.2 Å². The molecule has 4 nitrogen and oxygen atoms in total. The van der Waals surface area contributed by atoms with E-state index in [1.54, 1.807) is 23.7 Å². The van der Waals surface area contributed by atoms with E-state index in [4.69, 9.17) is 0 Å². The fourth-order valence-electron chi connectivity index (χ4n) is 2.43. The van der Waals surface area contributed by atoms with Gasteiger partial charge in [-0.1, -0.05) is 0 Å². The largest absolute Gasteiger partial charge is 0.355 e. The predicted molar refractivity (Wildman–Crippen MR) is 78.6 cm³/mol. The van der Waals surface area contributed by atoms with Crippen LogP contribution in [0, 0.1) is 12.8 Å². The summed E-state index contributed by atoms with van der Waals surface area (Å²) in [5.41, 5.74) is 2.28. The molecule has 1 amide bonds. The van der Waals surface area contributed by atoms with Crippen molar-refractivity contribution in [3.63, 3.8) is 0 Å². The molecule has 2 heterocycles. The van der Waals surface area contributed by atoms with E-state index < -0.39 is 0 Å². The van der Waals surface area contributed by atoms with Gasteiger partial charge < -0.3 is 5.32 Å². The molecule has 0 radical (unpaired) electrons. The minimum atomic E-state index is 0.134.